The van der Waals surface area contributed by atoms with Crippen LogP contribution in [0.2, 0.25) is 0 Å². The number of carbonyl (C=O) groups is 1. The van der Waals surface area contributed by atoms with Crippen LogP contribution in [0.15, 0.2) is 12.4 Å². The van der Waals surface area contributed by atoms with Crippen molar-refractivity contribution < 1.29 is 4.79 Å². The van der Waals surface area contributed by atoms with Crippen LogP contribution in [0.1, 0.15) is 48.9 Å². The number of aromatic nitrogens is 2. The maximum atomic E-state index is 12.7. The molecule has 0 unspecified atom stereocenters. The van der Waals surface area contributed by atoms with Gasteiger partial charge in [-0.05, 0) is 50.6 Å². The molecule has 4 rings (SSSR count). The lowest BCUT2D eigenvalue weighted by Gasteiger charge is -2.26. The molecule has 2 aliphatic heterocycles. The Kier molecular flexibility index (Phi) is 4.38. The van der Waals surface area contributed by atoms with Crippen molar-refractivity contribution in [1.82, 2.24) is 19.6 Å². The molecule has 3 heterocycles. The Morgan fingerprint density at radius 1 is 1.04 bits per heavy atom. The van der Waals surface area contributed by atoms with Gasteiger partial charge >= 0.3 is 0 Å². The lowest BCUT2D eigenvalue weighted by atomic mass is 10.0. The standard InChI is InChI=1S/C18H28N4O/c23-18(21-12-15-5-4-6-16(15)13-21)17-11-19-22(14-17)10-9-20-7-2-1-3-8-20/h11,14-16H,1-10,12-13H2/t15-,16+. The minimum absolute atomic E-state index is 0.184. The molecule has 1 aromatic rings. The number of nitrogens with zero attached hydrogens (tertiary/aromatic N) is 4. The monoisotopic (exact) mass is 316 g/mol. The van der Waals surface area contributed by atoms with E-state index in [1.54, 1.807) is 6.20 Å². The van der Waals surface area contributed by atoms with Crippen LogP contribution in [-0.2, 0) is 6.54 Å². The van der Waals surface area contributed by atoms with Crippen LogP contribution in [0.4, 0.5) is 0 Å². The lowest BCUT2D eigenvalue weighted by Crippen LogP contribution is -2.32. The van der Waals surface area contributed by atoms with E-state index in [4.69, 9.17) is 0 Å². The Labute approximate surface area is 138 Å². The van der Waals surface area contributed by atoms with Gasteiger partial charge in [0.25, 0.3) is 5.91 Å². The molecule has 1 aliphatic carbocycles. The van der Waals surface area contributed by atoms with Crippen molar-refractivity contribution in [1.29, 1.82) is 0 Å². The fraction of sp³-hybridized carbons (Fsp3) is 0.778. The maximum absolute atomic E-state index is 12.7. The molecule has 5 nitrogen and oxygen atoms in total. The summed E-state index contributed by atoms with van der Waals surface area (Å²) in [4.78, 5) is 17.2. The first kappa shape index (κ1) is 15.2. The molecular weight excluding hydrogens is 288 g/mol. The zero-order chi connectivity index (χ0) is 15.6. The molecule has 0 aromatic carbocycles. The highest BCUT2D eigenvalue weighted by Gasteiger charge is 2.38. The molecule has 1 saturated carbocycles. The van der Waals surface area contributed by atoms with Crippen LogP contribution in [-0.4, -0.2) is 58.2 Å². The van der Waals surface area contributed by atoms with Crippen LogP contribution < -0.4 is 0 Å². The quantitative estimate of drug-likeness (QED) is 0.855. The molecule has 1 aromatic heterocycles. The van der Waals surface area contributed by atoms with Crippen molar-refractivity contribution in [2.24, 2.45) is 11.8 Å². The van der Waals surface area contributed by atoms with E-state index in [2.05, 4.69) is 14.9 Å². The predicted octanol–water partition coefficient (Wildman–Crippen LogP) is 2.24. The molecule has 0 N–H and O–H groups in total. The summed E-state index contributed by atoms with van der Waals surface area (Å²) in [6.07, 6.45) is 11.7. The molecule has 1 amide bonds. The number of amides is 1. The largest absolute Gasteiger partial charge is 0.338 e. The number of rotatable bonds is 4. The third kappa shape index (κ3) is 3.30. The highest BCUT2D eigenvalue weighted by molar-refractivity contribution is 5.93. The second kappa shape index (κ2) is 6.63. The Morgan fingerprint density at radius 2 is 1.78 bits per heavy atom. The van der Waals surface area contributed by atoms with E-state index >= 15 is 0 Å². The molecule has 3 aliphatic rings. The fourth-order valence-corrected chi connectivity index (χ4v) is 4.61. The van der Waals surface area contributed by atoms with Crippen molar-refractivity contribution in [3.8, 4) is 0 Å². The molecule has 2 saturated heterocycles. The van der Waals surface area contributed by atoms with Gasteiger partial charge in [0.2, 0.25) is 0 Å². The zero-order valence-corrected chi connectivity index (χ0v) is 14.0. The zero-order valence-electron chi connectivity index (χ0n) is 14.0. The Bertz CT molecular complexity index is 537. The average Bonchev–Trinajstić information content (AvgIpc) is 3.28. The number of carbonyl (C=O) groups excluding carboxylic acids is 1. The minimum atomic E-state index is 0.184. The number of fused-ring (bicyclic) bond motifs is 1. The molecular formula is C18H28N4O. The van der Waals surface area contributed by atoms with Gasteiger partial charge in [0.05, 0.1) is 18.3 Å². The first-order chi connectivity index (χ1) is 11.3. The van der Waals surface area contributed by atoms with E-state index in [0.29, 0.717) is 0 Å². The maximum Gasteiger partial charge on any atom is 0.257 e. The normalized spacial score (nSPS) is 28.3. The van der Waals surface area contributed by atoms with Crippen molar-refractivity contribution in [3.05, 3.63) is 18.0 Å². The summed E-state index contributed by atoms with van der Waals surface area (Å²) in [6.45, 7) is 6.28. The Hall–Kier alpha value is -1.36. The topological polar surface area (TPSA) is 41.4 Å². The second-order valence-electron chi connectivity index (χ2n) is 7.56. The van der Waals surface area contributed by atoms with Gasteiger partial charge in [0.15, 0.2) is 0 Å². The first-order valence-electron chi connectivity index (χ1n) is 9.34. The number of likely N-dealkylation sites (tertiary alicyclic amines) is 2. The van der Waals surface area contributed by atoms with Gasteiger partial charge in [0, 0.05) is 25.8 Å². The third-order valence-corrected chi connectivity index (χ3v) is 5.99. The van der Waals surface area contributed by atoms with Crippen molar-refractivity contribution in [2.45, 2.75) is 45.1 Å². The van der Waals surface area contributed by atoms with Gasteiger partial charge < -0.3 is 9.80 Å². The smallest absolute Gasteiger partial charge is 0.257 e. The highest BCUT2D eigenvalue weighted by atomic mass is 16.2. The minimum Gasteiger partial charge on any atom is -0.338 e. The summed E-state index contributed by atoms with van der Waals surface area (Å²) in [5.74, 6) is 1.70. The van der Waals surface area contributed by atoms with E-state index in [1.165, 1.54) is 51.6 Å². The van der Waals surface area contributed by atoms with Gasteiger partial charge in [-0.3, -0.25) is 9.48 Å². The average molecular weight is 316 g/mol. The van der Waals surface area contributed by atoms with Crippen molar-refractivity contribution in [3.63, 3.8) is 0 Å². The van der Waals surface area contributed by atoms with Crippen LogP contribution in [0, 0.1) is 11.8 Å². The summed E-state index contributed by atoms with van der Waals surface area (Å²) >= 11 is 0. The molecule has 0 radical (unpaired) electrons. The summed E-state index contributed by atoms with van der Waals surface area (Å²) in [5, 5.41) is 4.41. The number of piperidine rings is 1. The fourth-order valence-electron chi connectivity index (χ4n) is 4.61. The molecule has 0 spiro atoms. The van der Waals surface area contributed by atoms with E-state index in [1.807, 2.05) is 10.9 Å². The van der Waals surface area contributed by atoms with Gasteiger partial charge in [-0.15, -0.1) is 0 Å². The van der Waals surface area contributed by atoms with Gasteiger partial charge in [-0.25, -0.2) is 0 Å². The third-order valence-electron chi connectivity index (χ3n) is 5.99. The van der Waals surface area contributed by atoms with Crippen LogP contribution in [0.25, 0.3) is 0 Å². The lowest BCUT2D eigenvalue weighted by molar-refractivity contribution is 0.0780. The van der Waals surface area contributed by atoms with Gasteiger partial charge in [-0.1, -0.05) is 12.8 Å². The van der Waals surface area contributed by atoms with E-state index in [-0.39, 0.29) is 5.91 Å². The van der Waals surface area contributed by atoms with Crippen molar-refractivity contribution in [2.75, 3.05) is 32.7 Å². The molecule has 5 heteroatoms. The SMILES string of the molecule is O=C(c1cnn(CCN2CCCCC2)c1)N1C[C@H]2CCC[C@H]2C1. The van der Waals surface area contributed by atoms with E-state index < -0.39 is 0 Å². The van der Waals surface area contributed by atoms with Gasteiger partial charge in [-0.2, -0.15) is 5.10 Å². The summed E-state index contributed by atoms with van der Waals surface area (Å²) in [5.41, 5.74) is 0.767. The highest BCUT2D eigenvalue weighted by Crippen LogP contribution is 2.38. The van der Waals surface area contributed by atoms with Crippen LogP contribution in [0.5, 0.6) is 0 Å². The van der Waals surface area contributed by atoms with Gasteiger partial charge in [0.1, 0.15) is 0 Å². The predicted molar refractivity (Wildman–Crippen MR) is 89.3 cm³/mol. The summed E-state index contributed by atoms with van der Waals surface area (Å²) in [6, 6.07) is 0. The van der Waals surface area contributed by atoms with Crippen LogP contribution in [0.3, 0.4) is 0 Å². The molecule has 2 atom stereocenters. The number of hydrogen-bond donors (Lipinski definition) is 0. The Morgan fingerprint density at radius 3 is 2.52 bits per heavy atom. The Balaban J connectivity index is 1.31. The van der Waals surface area contributed by atoms with E-state index in [0.717, 1.165) is 43.6 Å². The first-order valence-corrected chi connectivity index (χ1v) is 9.34. The summed E-state index contributed by atoms with van der Waals surface area (Å²) in [7, 11) is 0. The summed E-state index contributed by atoms with van der Waals surface area (Å²) < 4.78 is 1.94. The molecule has 3 fully saturated rings. The molecule has 23 heavy (non-hydrogen) atoms. The number of hydrogen-bond acceptors (Lipinski definition) is 3. The van der Waals surface area contributed by atoms with E-state index in [9.17, 15) is 4.79 Å². The molecule has 126 valence electrons. The van der Waals surface area contributed by atoms with Crippen molar-refractivity contribution >= 4 is 5.91 Å². The molecule has 0 bridgehead atoms. The second-order valence-corrected chi connectivity index (χ2v) is 7.56. The van der Waals surface area contributed by atoms with Crippen LogP contribution >= 0.6 is 0 Å².